The van der Waals surface area contributed by atoms with E-state index in [1.165, 1.54) is 12.1 Å². The van der Waals surface area contributed by atoms with E-state index in [9.17, 15) is 14.0 Å². The molecular formula is C18H26FN3O2. The molecule has 1 aromatic rings. The van der Waals surface area contributed by atoms with Crippen LogP contribution < -0.4 is 5.73 Å². The highest BCUT2D eigenvalue weighted by Gasteiger charge is 2.32. The zero-order valence-electron chi connectivity index (χ0n) is 14.6. The van der Waals surface area contributed by atoms with Crippen LogP contribution in [-0.2, 0) is 4.79 Å². The van der Waals surface area contributed by atoms with Gasteiger partial charge in [0.1, 0.15) is 5.82 Å². The molecule has 0 bridgehead atoms. The number of nitrogens with two attached hydrogens (primary N) is 1. The Morgan fingerprint density at radius 1 is 1.08 bits per heavy atom. The highest BCUT2D eigenvalue weighted by atomic mass is 19.1. The number of carbonyl (C=O) groups excluding carboxylic acids is 2. The molecule has 5 nitrogen and oxygen atoms in total. The SMILES string of the molecule is CC(C)(C)[C@H](N)C(=O)N1CCCN(C(=O)c2ccccc2F)CC1. The summed E-state index contributed by atoms with van der Waals surface area (Å²) in [5, 5.41) is 0. The number of hydrogen-bond acceptors (Lipinski definition) is 3. The predicted octanol–water partition coefficient (Wildman–Crippen LogP) is 1.87. The highest BCUT2D eigenvalue weighted by Crippen LogP contribution is 2.20. The number of halogens is 1. The van der Waals surface area contributed by atoms with E-state index in [1.807, 2.05) is 20.8 Å². The molecule has 6 heteroatoms. The van der Waals surface area contributed by atoms with Crippen molar-refractivity contribution in [3.05, 3.63) is 35.6 Å². The summed E-state index contributed by atoms with van der Waals surface area (Å²) in [6.45, 7) is 7.66. The number of hydrogen-bond donors (Lipinski definition) is 1. The van der Waals surface area contributed by atoms with Gasteiger partial charge in [-0.05, 0) is 24.0 Å². The number of nitrogens with zero attached hydrogens (tertiary/aromatic N) is 2. The van der Waals surface area contributed by atoms with Gasteiger partial charge in [0.15, 0.2) is 0 Å². The molecule has 1 heterocycles. The fourth-order valence-electron chi connectivity index (χ4n) is 2.71. The molecule has 2 rings (SSSR count). The molecule has 0 aromatic heterocycles. The summed E-state index contributed by atoms with van der Waals surface area (Å²) in [4.78, 5) is 28.4. The predicted molar refractivity (Wildman–Crippen MR) is 90.9 cm³/mol. The Morgan fingerprint density at radius 2 is 1.67 bits per heavy atom. The molecule has 2 amide bonds. The Bertz CT molecular complexity index is 613. The summed E-state index contributed by atoms with van der Waals surface area (Å²) < 4.78 is 13.8. The largest absolute Gasteiger partial charge is 0.339 e. The van der Waals surface area contributed by atoms with Crippen molar-refractivity contribution in [1.82, 2.24) is 9.80 Å². The molecule has 1 aromatic carbocycles. The van der Waals surface area contributed by atoms with Crippen LogP contribution in [0, 0.1) is 11.2 Å². The Hall–Kier alpha value is -1.95. The Morgan fingerprint density at radius 3 is 2.29 bits per heavy atom. The van der Waals surface area contributed by atoms with Crippen LogP contribution in [0.4, 0.5) is 4.39 Å². The first-order valence-corrected chi connectivity index (χ1v) is 8.30. The average Bonchev–Trinajstić information content (AvgIpc) is 2.78. The summed E-state index contributed by atoms with van der Waals surface area (Å²) in [6, 6.07) is 5.39. The first-order chi connectivity index (χ1) is 11.2. The first-order valence-electron chi connectivity index (χ1n) is 8.30. The minimum atomic E-state index is -0.577. The molecule has 1 aliphatic heterocycles. The van der Waals surface area contributed by atoms with Crippen LogP contribution in [0.1, 0.15) is 37.6 Å². The number of benzene rings is 1. The maximum Gasteiger partial charge on any atom is 0.256 e. The van der Waals surface area contributed by atoms with Gasteiger partial charge in [0.05, 0.1) is 11.6 Å². The lowest BCUT2D eigenvalue weighted by Crippen LogP contribution is -2.51. The van der Waals surface area contributed by atoms with Gasteiger partial charge in [-0.1, -0.05) is 32.9 Å². The van der Waals surface area contributed by atoms with Crippen LogP contribution in [0.25, 0.3) is 0 Å². The van der Waals surface area contributed by atoms with Gasteiger partial charge in [-0.15, -0.1) is 0 Å². The first kappa shape index (κ1) is 18.4. The van der Waals surface area contributed by atoms with Crippen LogP contribution in [0.2, 0.25) is 0 Å². The minimum Gasteiger partial charge on any atom is -0.339 e. The van der Waals surface area contributed by atoms with Crippen LogP contribution in [0.3, 0.4) is 0 Å². The van der Waals surface area contributed by atoms with Gasteiger partial charge in [0.25, 0.3) is 5.91 Å². The van der Waals surface area contributed by atoms with E-state index in [-0.39, 0.29) is 22.8 Å². The van der Waals surface area contributed by atoms with Gasteiger partial charge in [-0.2, -0.15) is 0 Å². The van der Waals surface area contributed by atoms with E-state index < -0.39 is 11.9 Å². The molecule has 1 atom stereocenters. The van der Waals surface area contributed by atoms with E-state index in [1.54, 1.807) is 21.9 Å². The fourth-order valence-corrected chi connectivity index (χ4v) is 2.71. The molecule has 0 unspecified atom stereocenters. The Kier molecular flexibility index (Phi) is 5.59. The molecule has 0 saturated carbocycles. The number of rotatable bonds is 2. The van der Waals surface area contributed by atoms with Gasteiger partial charge in [0, 0.05) is 26.2 Å². The van der Waals surface area contributed by atoms with Crippen molar-refractivity contribution in [2.24, 2.45) is 11.1 Å². The van der Waals surface area contributed by atoms with Crippen molar-refractivity contribution in [2.75, 3.05) is 26.2 Å². The van der Waals surface area contributed by atoms with Gasteiger partial charge >= 0.3 is 0 Å². The van der Waals surface area contributed by atoms with Crippen LogP contribution in [0.15, 0.2) is 24.3 Å². The smallest absolute Gasteiger partial charge is 0.256 e. The molecule has 0 aliphatic carbocycles. The molecule has 1 fully saturated rings. The van der Waals surface area contributed by atoms with Crippen molar-refractivity contribution < 1.29 is 14.0 Å². The Balaban J connectivity index is 2.04. The summed E-state index contributed by atoms with van der Waals surface area (Å²) in [5.41, 5.74) is 5.82. The number of amides is 2. The molecule has 132 valence electrons. The summed E-state index contributed by atoms with van der Waals surface area (Å²) >= 11 is 0. The van der Waals surface area contributed by atoms with Crippen LogP contribution in [-0.4, -0.2) is 53.8 Å². The summed E-state index contributed by atoms with van der Waals surface area (Å²) in [6.07, 6.45) is 0.656. The normalized spacial score (nSPS) is 17.4. The van der Waals surface area contributed by atoms with Crippen molar-refractivity contribution in [3.63, 3.8) is 0 Å². The molecule has 24 heavy (non-hydrogen) atoms. The quantitative estimate of drug-likeness (QED) is 0.897. The van der Waals surface area contributed by atoms with Gasteiger partial charge in [-0.25, -0.2) is 4.39 Å². The Labute approximate surface area is 142 Å². The second-order valence-corrected chi connectivity index (χ2v) is 7.29. The van der Waals surface area contributed by atoms with Crippen molar-refractivity contribution in [1.29, 1.82) is 0 Å². The monoisotopic (exact) mass is 335 g/mol. The van der Waals surface area contributed by atoms with Crippen molar-refractivity contribution in [2.45, 2.75) is 33.2 Å². The second kappa shape index (κ2) is 7.30. The van der Waals surface area contributed by atoms with E-state index in [2.05, 4.69) is 0 Å². The summed E-state index contributed by atoms with van der Waals surface area (Å²) in [7, 11) is 0. The lowest BCUT2D eigenvalue weighted by molar-refractivity contribution is -0.134. The van der Waals surface area contributed by atoms with Crippen LogP contribution >= 0.6 is 0 Å². The molecule has 0 spiro atoms. The van der Waals surface area contributed by atoms with E-state index in [4.69, 9.17) is 5.73 Å². The van der Waals surface area contributed by atoms with Gasteiger partial charge in [-0.3, -0.25) is 9.59 Å². The molecule has 0 radical (unpaired) electrons. The fraction of sp³-hybridized carbons (Fsp3) is 0.556. The van der Waals surface area contributed by atoms with E-state index >= 15 is 0 Å². The topological polar surface area (TPSA) is 66.6 Å². The zero-order chi connectivity index (χ0) is 17.9. The molecular weight excluding hydrogens is 309 g/mol. The van der Waals surface area contributed by atoms with Crippen molar-refractivity contribution >= 4 is 11.8 Å². The zero-order valence-corrected chi connectivity index (χ0v) is 14.6. The third-order valence-electron chi connectivity index (χ3n) is 4.40. The maximum absolute atomic E-state index is 13.8. The lowest BCUT2D eigenvalue weighted by atomic mass is 9.86. The third kappa shape index (κ3) is 4.12. The summed E-state index contributed by atoms with van der Waals surface area (Å²) in [5.74, 6) is -0.945. The average molecular weight is 335 g/mol. The van der Waals surface area contributed by atoms with Crippen LogP contribution in [0.5, 0.6) is 0 Å². The molecule has 1 saturated heterocycles. The standard InChI is InChI=1S/C18H26FN3O2/c1-18(2,3)15(20)17(24)22-10-6-9-21(11-12-22)16(23)13-7-4-5-8-14(13)19/h4-5,7-8,15H,6,9-12,20H2,1-3H3/t15-/m1/s1. The van der Waals surface area contributed by atoms with Gasteiger partial charge < -0.3 is 15.5 Å². The maximum atomic E-state index is 13.8. The van der Waals surface area contributed by atoms with E-state index in [0.717, 1.165) is 0 Å². The van der Waals surface area contributed by atoms with Crippen molar-refractivity contribution in [3.8, 4) is 0 Å². The molecule has 2 N–H and O–H groups in total. The highest BCUT2D eigenvalue weighted by molar-refractivity contribution is 5.94. The molecule has 1 aliphatic rings. The lowest BCUT2D eigenvalue weighted by Gasteiger charge is -2.31. The third-order valence-corrected chi connectivity index (χ3v) is 4.40. The minimum absolute atomic E-state index is 0.0728. The number of carbonyl (C=O) groups is 2. The van der Waals surface area contributed by atoms with Gasteiger partial charge in [0.2, 0.25) is 5.91 Å². The second-order valence-electron chi connectivity index (χ2n) is 7.29. The van der Waals surface area contributed by atoms with E-state index in [0.29, 0.717) is 32.6 Å².